The molecule has 1 aliphatic heterocycles. The van der Waals surface area contributed by atoms with E-state index in [0.29, 0.717) is 22.4 Å². The Morgan fingerprint density at radius 2 is 1.75 bits per heavy atom. The second-order valence-electron chi connectivity index (χ2n) is 7.62. The largest absolute Gasteiger partial charge is 0.419 e. The first kappa shape index (κ1) is 20.6. The molecule has 162 valence electrons. The number of pyridine rings is 1. The minimum absolute atomic E-state index is 0.255. The van der Waals surface area contributed by atoms with E-state index in [2.05, 4.69) is 25.0 Å². The third-order valence-corrected chi connectivity index (χ3v) is 5.80. The highest BCUT2D eigenvalue weighted by Crippen LogP contribution is 2.32. The highest BCUT2D eigenvalue weighted by molar-refractivity contribution is 6.30. The number of piperazine rings is 1. The van der Waals surface area contributed by atoms with Gasteiger partial charge in [-0.05, 0) is 48.0 Å². The zero-order valence-corrected chi connectivity index (χ0v) is 18.0. The summed E-state index contributed by atoms with van der Waals surface area (Å²) in [6, 6.07) is 19.5. The molecule has 1 aliphatic rings. The zero-order valence-electron chi connectivity index (χ0n) is 17.2. The Bertz CT molecular complexity index is 1190. The van der Waals surface area contributed by atoms with Gasteiger partial charge in [-0.2, -0.15) is 0 Å². The summed E-state index contributed by atoms with van der Waals surface area (Å²) in [5, 5.41) is 9.16. The lowest BCUT2D eigenvalue weighted by molar-refractivity contribution is 0.187. The maximum atomic E-state index is 13.7. The van der Waals surface area contributed by atoms with Crippen LogP contribution in [0.15, 0.2) is 77.3 Å². The van der Waals surface area contributed by atoms with Crippen LogP contribution in [-0.2, 0) is 0 Å². The van der Waals surface area contributed by atoms with E-state index in [1.54, 1.807) is 12.1 Å². The molecular weight excluding hydrogens is 429 g/mol. The first-order chi connectivity index (χ1) is 15.7. The van der Waals surface area contributed by atoms with Crippen molar-refractivity contribution in [3.63, 3.8) is 0 Å². The average Bonchev–Trinajstić information content (AvgIpc) is 3.30. The Balaban J connectivity index is 1.44. The molecule has 5 rings (SSSR count). The molecule has 8 heteroatoms. The molecule has 6 nitrogen and oxygen atoms in total. The third-order valence-electron chi connectivity index (χ3n) is 5.56. The number of aromatic nitrogens is 3. The van der Waals surface area contributed by atoms with Gasteiger partial charge in [-0.3, -0.25) is 4.90 Å². The fourth-order valence-corrected chi connectivity index (χ4v) is 4.22. The minimum Gasteiger partial charge on any atom is -0.419 e. The normalized spacial score (nSPS) is 15.6. The van der Waals surface area contributed by atoms with Crippen LogP contribution in [0.1, 0.15) is 17.5 Å². The number of anilines is 1. The highest BCUT2D eigenvalue weighted by atomic mass is 35.5. The number of hydrogen-bond donors (Lipinski definition) is 0. The van der Waals surface area contributed by atoms with Crippen molar-refractivity contribution in [1.29, 1.82) is 0 Å². The lowest BCUT2D eigenvalue weighted by atomic mass is 10.0. The van der Waals surface area contributed by atoms with Crippen molar-refractivity contribution in [3.8, 4) is 11.5 Å². The molecule has 2 aromatic heterocycles. The molecule has 1 unspecified atom stereocenters. The van der Waals surface area contributed by atoms with Crippen LogP contribution in [0.25, 0.3) is 11.5 Å². The molecule has 0 N–H and O–H groups in total. The van der Waals surface area contributed by atoms with Crippen LogP contribution in [0.3, 0.4) is 0 Å². The molecule has 0 bridgehead atoms. The van der Waals surface area contributed by atoms with Crippen LogP contribution < -0.4 is 4.90 Å². The maximum absolute atomic E-state index is 13.7. The molecule has 2 aromatic carbocycles. The van der Waals surface area contributed by atoms with Crippen LogP contribution in [0.4, 0.5) is 10.2 Å². The predicted molar refractivity (Wildman–Crippen MR) is 121 cm³/mol. The molecule has 0 amide bonds. The third kappa shape index (κ3) is 4.35. The van der Waals surface area contributed by atoms with Gasteiger partial charge in [-0.1, -0.05) is 35.9 Å². The van der Waals surface area contributed by atoms with Crippen molar-refractivity contribution in [2.24, 2.45) is 0 Å². The van der Waals surface area contributed by atoms with E-state index in [0.717, 1.165) is 37.6 Å². The van der Waals surface area contributed by atoms with Gasteiger partial charge in [-0.25, -0.2) is 9.37 Å². The maximum Gasteiger partial charge on any atom is 0.247 e. The number of hydrogen-bond acceptors (Lipinski definition) is 6. The summed E-state index contributed by atoms with van der Waals surface area (Å²) in [7, 11) is 0. The van der Waals surface area contributed by atoms with Gasteiger partial charge >= 0.3 is 0 Å². The van der Waals surface area contributed by atoms with Gasteiger partial charge in [0.1, 0.15) is 17.7 Å². The van der Waals surface area contributed by atoms with Crippen LogP contribution in [0.5, 0.6) is 0 Å². The van der Waals surface area contributed by atoms with Gasteiger partial charge in [0.05, 0.1) is 0 Å². The molecular formula is C24H21ClFN5O. The van der Waals surface area contributed by atoms with E-state index in [1.807, 2.05) is 48.7 Å². The first-order valence-electron chi connectivity index (χ1n) is 10.4. The summed E-state index contributed by atoms with van der Waals surface area (Å²) in [4.78, 5) is 9.02. The SMILES string of the molecule is Fc1cccc(-c2nnc(C(c3cccc(Cl)c3)N3CCN(c4ccccn4)CC3)o2)c1. The molecule has 0 aliphatic carbocycles. The van der Waals surface area contributed by atoms with E-state index in [9.17, 15) is 4.39 Å². The Kier molecular flexibility index (Phi) is 5.83. The van der Waals surface area contributed by atoms with Gasteiger partial charge in [0, 0.05) is 43.0 Å². The highest BCUT2D eigenvalue weighted by Gasteiger charge is 2.31. The fraction of sp³-hybridized carbons (Fsp3) is 0.208. The number of benzene rings is 2. The molecule has 0 radical (unpaired) electrons. The lowest BCUT2D eigenvalue weighted by Crippen LogP contribution is -2.48. The summed E-state index contributed by atoms with van der Waals surface area (Å²) in [6.45, 7) is 3.20. The molecule has 1 atom stereocenters. The Labute approximate surface area is 190 Å². The monoisotopic (exact) mass is 449 g/mol. The number of nitrogens with zero attached hydrogens (tertiary/aromatic N) is 5. The van der Waals surface area contributed by atoms with Crippen molar-refractivity contribution >= 4 is 17.4 Å². The van der Waals surface area contributed by atoms with Crippen LogP contribution in [0.2, 0.25) is 5.02 Å². The summed E-state index contributed by atoms with van der Waals surface area (Å²) in [5.41, 5.74) is 1.52. The van der Waals surface area contributed by atoms with Crippen LogP contribution in [0, 0.1) is 5.82 Å². The van der Waals surface area contributed by atoms with E-state index < -0.39 is 0 Å². The molecule has 4 aromatic rings. The van der Waals surface area contributed by atoms with Crippen molar-refractivity contribution in [3.05, 3.63) is 95.2 Å². The minimum atomic E-state index is -0.348. The summed E-state index contributed by atoms with van der Waals surface area (Å²) >= 11 is 6.29. The van der Waals surface area contributed by atoms with Crippen LogP contribution >= 0.6 is 11.6 Å². The quantitative estimate of drug-likeness (QED) is 0.434. The standard InChI is InChI=1S/C24H21ClFN5O/c25-19-7-3-5-17(15-19)22(24-29-28-23(32-24)18-6-4-8-20(26)16-18)31-13-11-30(12-14-31)21-9-1-2-10-27-21/h1-10,15-16,22H,11-14H2. The topological polar surface area (TPSA) is 58.3 Å². The Morgan fingerprint density at radius 3 is 2.50 bits per heavy atom. The van der Waals surface area contributed by atoms with Crippen molar-refractivity contribution in [2.75, 3.05) is 31.1 Å². The van der Waals surface area contributed by atoms with E-state index >= 15 is 0 Å². The molecule has 0 spiro atoms. The number of rotatable bonds is 5. The molecule has 32 heavy (non-hydrogen) atoms. The van der Waals surface area contributed by atoms with Crippen molar-refractivity contribution in [2.45, 2.75) is 6.04 Å². The zero-order chi connectivity index (χ0) is 21.9. The summed E-state index contributed by atoms with van der Waals surface area (Å²) < 4.78 is 19.7. The second kappa shape index (κ2) is 9.06. The first-order valence-corrected chi connectivity index (χ1v) is 10.8. The smallest absolute Gasteiger partial charge is 0.247 e. The van der Waals surface area contributed by atoms with Crippen molar-refractivity contribution in [1.82, 2.24) is 20.1 Å². The molecule has 0 saturated carbocycles. The van der Waals surface area contributed by atoms with E-state index in [1.165, 1.54) is 12.1 Å². The van der Waals surface area contributed by atoms with Crippen LogP contribution in [-0.4, -0.2) is 46.3 Å². The van der Waals surface area contributed by atoms with Gasteiger partial charge < -0.3 is 9.32 Å². The van der Waals surface area contributed by atoms with Crippen molar-refractivity contribution < 1.29 is 8.81 Å². The number of halogens is 2. The molecule has 1 fully saturated rings. The Morgan fingerprint density at radius 1 is 0.906 bits per heavy atom. The van der Waals surface area contributed by atoms with Gasteiger partial charge in [0.25, 0.3) is 0 Å². The molecule has 1 saturated heterocycles. The summed E-state index contributed by atoms with van der Waals surface area (Å²) in [6.07, 6.45) is 1.81. The van der Waals surface area contributed by atoms with Gasteiger partial charge in [-0.15, -0.1) is 10.2 Å². The van der Waals surface area contributed by atoms with E-state index in [4.69, 9.17) is 16.0 Å². The average molecular weight is 450 g/mol. The lowest BCUT2D eigenvalue weighted by Gasteiger charge is -2.38. The second-order valence-corrected chi connectivity index (χ2v) is 8.06. The fourth-order valence-electron chi connectivity index (χ4n) is 4.02. The van der Waals surface area contributed by atoms with E-state index in [-0.39, 0.29) is 11.9 Å². The van der Waals surface area contributed by atoms with Gasteiger partial charge in [0.15, 0.2) is 0 Å². The molecule has 3 heterocycles. The predicted octanol–water partition coefficient (Wildman–Crippen LogP) is 4.84. The summed E-state index contributed by atoms with van der Waals surface area (Å²) in [5.74, 6) is 1.37. The Hall–Kier alpha value is -3.29. The van der Waals surface area contributed by atoms with Gasteiger partial charge in [0.2, 0.25) is 11.8 Å².